The van der Waals surface area contributed by atoms with Crippen LogP contribution in [0.2, 0.25) is 0 Å². The first-order valence-electron chi connectivity index (χ1n) is 5.68. The van der Waals surface area contributed by atoms with Crippen LogP contribution in [0.15, 0.2) is 29.2 Å². The van der Waals surface area contributed by atoms with Crippen molar-refractivity contribution in [3.63, 3.8) is 0 Å². The van der Waals surface area contributed by atoms with Gasteiger partial charge in [-0.15, -0.1) is 17.7 Å². The van der Waals surface area contributed by atoms with Gasteiger partial charge in [0.05, 0.1) is 12.4 Å². The highest BCUT2D eigenvalue weighted by Crippen LogP contribution is 2.18. The van der Waals surface area contributed by atoms with Crippen LogP contribution in [0.3, 0.4) is 0 Å². The molecule has 1 aromatic carbocycles. The number of ether oxygens (including phenoxy) is 1. The van der Waals surface area contributed by atoms with Crippen LogP contribution in [-0.4, -0.2) is 26.0 Å². The molecule has 0 saturated heterocycles. The van der Waals surface area contributed by atoms with Gasteiger partial charge in [-0.1, -0.05) is 18.1 Å². The first-order valence-corrected chi connectivity index (χ1v) is 6.66. The number of methoxy groups -OCH3 is 1. The van der Waals surface area contributed by atoms with Crippen LogP contribution >= 0.6 is 11.8 Å². The first kappa shape index (κ1) is 14.1. The minimum Gasteiger partial charge on any atom is -0.383 e. The van der Waals surface area contributed by atoms with Crippen molar-refractivity contribution in [1.29, 1.82) is 0 Å². The highest BCUT2D eigenvalue weighted by molar-refractivity contribution is 7.99. The quantitative estimate of drug-likeness (QED) is 0.456. The Hall–Kier alpha value is -0.950. The monoisotopic (exact) mass is 249 g/mol. The predicted octanol–water partition coefficient (Wildman–Crippen LogP) is 2.54. The normalized spacial score (nSPS) is 9.76. The van der Waals surface area contributed by atoms with Gasteiger partial charge in [0.15, 0.2) is 0 Å². The molecule has 0 bridgehead atoms. The van der Waals surface area contributed by atoms with Crippen molar-refractivity contribution in [3.05, 3.63) is 29.8 Å². The number of benzene rings is 1. The second-order valence-electron chi connectivity index (χ2n) is 3.53. The van der Waals surface area contributed by atoms with Gasteiger partial charge in [-0.05, 0) is 24.6 Å². The van der Waals surface area contributed by atoms with Gasteiger partial charge in [0, 0.05) is 25.1 Å². The second kappa shape index (κ2) is 9.12. The molecule has 0 aliphatic carbocycles. The number of thioether (sulfide) groups is 1. The zero-order chi connectivity index (χ0) is 12.3. The molecular formula is C14H19NOS. The highest BCUT2D eigenvalue weighted by atomic mass is 32.2. The second-order valence-corrected chi connectivity index (χ2v) is 4.58. The predicted molar refractivity (Wildman–Crippen MR) is 74.2 cm³/mol. The van der Waals surface area contributed by atoms with E-state index in [1.54, 1.807) is 18.9 Å². The Kier molecular flexibility index (Phi) is 7.57. The van der Waals surface area contributed by atoms with Gasteiger partial charge in [0.2, 0.25) is 0 Å². The number of hydrogen-bond acceptors (Lipinski definition) is 3. The Morgan fingerprint density at radius 3 is 3.06 bits per heavy atom. The molecule has 0 radical (unpaired) electrons. The molecule has 0 aliphatic rings. The third-order valence-corrected chi connectivity index (χ3v) is 3.07. The van der Waals surface area contributed by atoms with E-state index in [4.69, 9.17) is 4.74 Å². The summed E-state index contributed by atoms with van der Waals surface area (Å²) in [4.78, 5) is 1.28. The lowest BCUT2D eigenvalue weighted by Crippen LogP contribution is -2.18. The van der Waals surface area contributed by atoms with E-state index in [9.17, 15) is 0 Å². The maximum Gasteiger partial charge on any atom is 0.0594 e. The van der Waals surface area contributed by atoms with Gasteiger partial charge in [-0.25, -0.2) is 0 Å². The Morgan fingerprint density at radius 2 is 2.29 bits per heavy atom. The number of nitrogens with one attached hydrogen (secondary N) is 1. The van der Waals surface area contributed by atoms with Gasteiger partial charge in [0.25, 0.3) is 0 Å². The van der Waals surface area contributed by atoms with Gasteiger partial charge < -0.3 is 10.1 Å². The molecular weight excluding hydrogens is 230 g/mol. The molecule has 0 unspecified atom stereocenters. The molecule has 0 spiro atoms. The summed E-state index contributed by atoms with van der Waals surface area (Å²) in [6, 6.07) is 8.56. The molecule has 0 aromatic heterocycles. The van der Waals surface area contributed by atoms with Gasteiger partial charge in [0.1, 0.15) is 0 Å². The third kappa shape index (κ3) is 6.38. The largest absolute Gasteiger partial charge is 0.383 e. The molecule has 92 valence electrons. The van der Waals surface area contributed by atoms with Crippen molar-refractivity contribution < 1.29 is 4.74 Å². The maximum absolute atomic E-state index is 4.99. The molecule has 0 saturated carbocycles. The fourth-order valence-corrected chi connectivity index (χ4v) is 2.14. The van der Waals surface area contributed by atoms with Crippen LogP contribution < -0.4 is 5.32 Å². The maximum atomic E-state index is 4.99. The summed E-state index contributed by atoms with van der Waals surface area (Å²) in [5, 5.41) is 3.33. The Labute approximate surface area is 108 Å². The van der Waals surface area contributed by atoms with E-state index < -0.39 is 0 Å². The van der Waals surface area contributed by atoms with Gasteiger partial charge >= 0.3 is 0 Å². The summed E-state index contributed by atoms with van der Waals surface area (Å²) in [7, 11) is 1.72. The highest BCUT2D eigenvalue weighted by Gasteiger charge is 1.96. The molecule has 0 fully saturated rings. The number of rotatable bonds is 7. The summed E-state index contributed by atoms with van der Waals surface area (Å²) in [5.74, 6) is 6.82. The van der Waals surface area contributed by atoms with E-state index in [1.807, 2.05) is 6.92 Å². The van der Waals surface area contributed by atoms with E-state index in [1.165, 1.54) is 10.5 Å². The zero-order valence-electron chi connectivity index (χ0n) is 10.5. The van der Waals surface area contributed by atoms with Gasteiger partial charge in [-0.2, -0.15) is 0 Å². The molecule has 2 nitrogen and oxygen atoms in total. The van der Waals surface area contributed by atoms with Crippen molar-refractivity contribution in [3.8, 4) is 11.8 Å². The molecule has 1 N–H and O–H groups in total. The zero-order valence-corrected chi connectivity index (χ0v) is 11.3. The van der Waals surface area contributed by atoms with Crippen LogP contribution in [0.4, 0.5) is 0 Å². The third-order valence-electron chi connectivity index (χ3n) is 2.20. The minimum absolute atomic E-state index is 0.751. The summed E-state index contributed by atoms with van der Waals surface area (Å²) in [6.07, 6.45) is 0. The van der Waals surface area contributed by atoms with E-state index >= 15 is 0 Å². The summed E-state index contributed by atoms with van der Waals surface area (Å²) in [5.41, 5.74) is 1.30. The average Bonchev–Trinajstić information content (AvgIpc) is 2.36. The Bertz CT molecular complexity index is 381. The summed E-state index contributed by atoms with van der Waals surface area (Å²) < 4.78 is 4.99. The van der Waals surface area contributed by atoms with Crippen LogP contribution in [0.1, 0.15) is 12.5 Å². The molecule has 17 heavy (non-hydrogen) atoms. The van der Waals surface area contributed by atoms with E-state index in [2.05, 4.69) is 41.4 Å². The van der Waals surface area contributed by atoms with Crippen molar-refractivity contribution in [2.45, 2.75) is 18.4 Å². The minimum atomic E-state index is 0.751. The Morgan fingerprint density at radius 1 is 1.41 bits per heavy atom. The van der Waals surface area contributed by atoms with Crippen molar-refractivity contribution in [2.24, 2.45) is 0 Å². The van der Waals surface area contributed by atoms with Crippen molar-refractivity contribution in [1.82, 2.24) is 5.32 Å². The summed E-state index contributed by atoms with van der Waals surface area (Å²) in [6.45, 7) is 4.39. The summed E-state index contributed by atoms with van der Waals surface area (Å²) >= 11 is 1.78. The Balaban J connectivity index is 2.38. The molecule has 1 aromatic rings. The lowest BCUT2D eigenvalue weighted by molar-refractivity contribution is 0.199. The molecule has 1 rings (SSSR count). The molecule has 0 aliphatic heterocycles. The fraction of sp³-hybridized carbons (Fsp3) is 0.429. The first-order chi connectivity index (χ1) is 8.36. The van der Waals surface area contributed by atoms with E-state index in [-0.39, 0.29) is 0 Å². The molecule has 3 heteroatoms. The van der Waals surface area contributed by atoms with Crippen LogP contribution in [0.25, 0.3) is 0 Å². The fourth-order valence-electron chi connectivity index (χ4n) is 1.34. The smallest absolute Gasteiger partial charge is 0.0594 e. The topological polar surface area (TPSA) is 21.3 Å². The standard InChI is InChI=1S/C14H19NOS/c1-3-4-10-17-14-7-5-6-13(11-14)12-15-8-9-16-2/h5-7,11,15H,8-10,12H2,1-2H3. The number of hydrogen-bond donors (Lipinski definition) is 1. The SMILES string of the molecule is CC#CCSc1cccc(CNCCOC)c1. The van der Waals surface area contributed by atoms with Gasteiger partial charge in [-0.3, -0.25) is 0 Å². The lowest BCUT2D eigenvalue weighted by atomic mass is 10.2. The molecule has 0 atom stereocenters. The van der Waals surface area contributed by atoms with Crippen LogP contribution in [0, 0.1) is 11.8 Å². The van der Waals surface area contributed by atoms with Crippen molar-refractivity contribution in [2.75, 3.05) is 26.0 Å². The lowest BCUT2D eigenvalue weighted by Gasteiger charge is -2.05. The average molecular weight is 249 g/mol. The molecule has 0 heterocycles. The van der Waals surface area contributed by atoms with E-state index in [0.717, 1.165) is 25.4 Å². The van der Waals surface area contributed by atoms with Crippen LogP contribution in [-0.2, 0) is 11.3 Å². The molecule has 0 amide bonds. The van der Waals surface area contributed by atoms with Crippen molar-refractivity contribution >= 4 is 11.8 Å². The van der Waals surface area contributed by atoms with E-state index in [0.29, 0.717) is 0 Å². The van der Waals surface area contributed by atoms with Crippen LogP contribution in [0.5, 0.6) is 0 Å².